The van der Waals surface area contributed by atoms with Crippen LogP contribution in [0.5, 0.6) is 5.75 Å². The Hall–Kier alpha value is -3.16. The van der Waals surface area contributed by atoms with Crippen LogP contribution in [-0.2, 0) is 6.54 Å². The molecule has 158 valence electrons. The summed E-state index contributed by atoms with van der Waals surface area (Å²) in [4.78, 5) is 25.3. The number of nitrogens with one attached hydrogen (secondary N) is 1. The number of ether oxygens (including phenoxy) is 1. The summed E-state index contributed by atoms with van der Waals surface area (Å²) in [6, 6.07) is 17.9. The van der Waals surface area contributed by atoms with Crippen molar-refractivity contribution in [2.45, 2.75) is 6.54 Å². The van der Waals surface area contributed by atoms with E-state index in [0.29, 0.717) is 5.69 Å². The third kappa shape index (κ3) is 4.19. The minimum atomic E-state index is 0.0758. The van der Waals surface area contributed by atoms with Crippen molar-refractivity contribution in [2.75, 3.05) is 33.3 Å². The molecule has 3 heterocycles. The quantitative estimate of drug-likeness (QED) is 0.512. The molecule has 0 unspecified atom stereocenters. The summed E-state index contributed by atoms with van der Waals surface area (Å²) in [6.07, 6.45) is 0. The minimum Gasteiger partial charge on any atom is -0.497 e. The van der Waals surface area contributed by atoms with Crippen molar-refractivity contribution in [1.82, 2.24) is 19.8 Å². The Balaban J connectivity index is 1.18. The topological polar surface area (TPSA) is 61.5 Å². The van der Waals surface area contributed by atoms with E-state index >= 15 is 0 Å². The molecule has 2 aromatic heterocycles. The maximum atomic E-state index is 12.9. The number of hydrogen-bond acceptors (Lipinski definition) is 5. The molecular formula is C24H24N4O2S. The van der Waals surface area contributed by atoms with Crippen molar-refractivity contribution < 1.29 is 9.53 Å². The monoisotopic (exact) mass is 432 g/mol. The molecule has 1 amide bonds. The first-order chi connectivity index (χ1) is 15.2. The zero-order valence-electron chi connectivity index (χ0n) is 17.4. The molecule has 2 aromatic carbocycles. The molecule has 0 aliphatic carbocycles. The highest BCUT2D eigenvalue weighted by Crippen LogP contribution is 2.25. The van der Waals surface area contributed by atoms with Gasteiger partial charge in [0.2, 0.25) is 0 Å². The van der Waals surface area contributed by atoms with E-state index in [1.165, 1.54) is 0 Å². The van der Waals surface area contributed by atoms with Crippen LogP contribution in [0.3, 0.4) is 0 Å². The van der Waals surface area contributed by atoms with Crippen LogP contribution in [0.15, 0.2) is 60.0 Å². The van der Waals surface area contributed by atoms with Gasteiger partial charge in [0.15, 0.2) is 0 Å². The summed E-state index contributed by atoms with van der Waals surface area (Å²) in [5, 5.41) is 4.27. The van der Waals surface area contributed by atoms with E-state index in [0.717, 1.165) is 65.6 Å². The molecule has 7 heteroatoms. The molecule has 31 heavy (non-hydrogen) atoms. The van der Waals surface area contributed by atoms with E-state index in [2.05, 4.69) is 15.3 Å². The normalized spacial score (nSPS) is 14.8. The van der Waals surface area contributed by atoms with Crippen molar-refractivity contribution in [2.24, 2.45) is 0 Å². The molecule has 1 saturated heterocycles. The first kappa shape index (κ1) is 19.8. The first-order valence-corrected chi connectivity index (χ1v) is 11.3. The molecule has 0 radical (unpaired) electrons. The Kier molecular flexibility index (Phi) is 5.44. The highest BCUT2D eigenvalue weighted by molar-refractivity contribution is 7.09. The van der Waals surface area contributed by atoms with Crippen LogP contribution in [0.2, 0.25) is 0 Å². The third-order valence-corrected chi connectivity index (χ3v) is 6.55. The number of thiazole rings is 1. The van der Waals surface area contributed by atoms with Crippen LogP contribution in [0.25, 0.3) is 22.2 Å². The summed E-state index contributed by atoms with van der Waals surface area (Å²) >= 11 is 1.68. The Morgan fingerprint density at radius 1 is 1.10 bits per heavy atom. The van der Waals surface area contributed by atoms with E-state index in [9.17, 15) is 4.79 Å². The summed E-state index contributed by atoms with van der Waals surface area (Å²) in [5.74, 6) is 0.922. The molecule has 5 rings (SSSR count). The number of amides is 1. The van der Waals surface area contributed by atoms with Gasteiger partial charge < -0.3 is 14.6 Å². The molecule has 6 nitrogen and oxygen atoms in total. The molecule has 0 bridgehead atoms. The van der Waals surface area contributed by atoms with Gasteiger partial charge in [-0.05, 0) is 36.4 Å². The molecular weight excluding hydrogens is 408 g/mol. The number of benzene rings is 2. The molecule has 1 fully saturated rings. The van der Waals surface area contributed by atoms with Gasteiger partial charge >= 0.3 is 0 Å². The zero-order chi connectivity index (χ0) is 21.2. The number of piperazine rings is 1. The fourth-order valence-electron chi connectivity index (χ4n) is 3.94. The molecule has 1 aliphatic rings. The van der Waals surface area contributed by atoms with Gasteiger partial charge in [0, 0.05) is 48.0 Å². The summed E-state index contributed by atoms with van der Waals surface area (Å²) in [7, 11) is 1.67. The Bertz CT molecular complexity index is 1160. The van der Waals surface area contributed by atoms with Crippen molar-refractivity contribution in [1.29, 1.82) is 0 Å². The second-order valence-corrected chi connectivity index (χ2v) is 8.64. The lowest BCUT2D eigenvalue weighted by atomic mass is 10.2. The van der Waals surface area contributed by atoms with E-state index in [1.54, 1.807) is 18.4 Å². The number of para-hydroxylation sites is 1. The number of carbonyl (C=O) groups is 1. The second kappa shape index (κ2) is 8.53. The van der Waals surface area contributed by atoms with Crippen LogP contribution in [0.4, 0.5) is 0 Å². The lowest BCUT2D eigenvalue weighted by Crippen LogP contribution is -2.48. The largest absolute Gasteiger partial charge is 0.497 e. The van der Waals surface area contributed by atoms with Crippen LogP contribution in [0.1, 0.15) is 15.5 Å². The summed E-state index contributed by atoms with van der Waals surface area (Å²) in [5.41, 5.74) is 3.76. The van der Waals surface area contributed by atoms with Gasteiger partial charge in [-0.25, -0.2) is 4.98 Å². The van der Waals surface area contributed by atoms with Crippen molar-refractivity contribution in [3.63, 3.8) is 0 Å². The van der Waals surface area contributed by atoms with Crippen LogP contribution in [-0.4, -0.2) is 59.0 Å². The van der Waals surface area contributed by atoms with Gasteiger partial charge in [0.25, 0.3) is 5.91 Å². The van der Waals surface area contributed by atoms with Gasteiger partial charge in [-0.15, -0.1) is 11.3 Å². The summed E-state index contributed by atoms with van der Waals surface area (Å²) in [6.45, 7) is 3.97. The van der Waals surface area contributed by atoms with Crippen LogP contribution >= 0.6 is 11.3 Å². The van der Waals surface area contributed by atoms with Gasteiger partial charge in [-0.3, -0.25) is 9.69 Å². The number of carbonyl (C=O) groups excluding carboxylic acids is 1. The number of nitrogens with zero attached hydrogens (tertiary/aromatic N) is 3. The lowest BCUT2D eigenvalue weighted by molar-refractivity contribution is 0.0623. The van der Waals surface area contributed by atoms with Gasteiger partial charge in [-0.2, -0.15) is 0 Å². The number of aromatic nitrogens is 2. The molecule has 4 aromatic rings. The zero-order valence-corrected chi connectivity index (χ0v) is 18.2. The third-order valence-electron chi connectivity index (χ3n) is 5.72. The maximum Gasteiger partial charge on any atom is 0.270 e. The van der Waals surface area contributed by atoms with E-state index in [-0.39, 0.29) is 5.91 Å². The maximum absolute atomic E-state index is 12.9. The number of H-pyrrole nitrogens is 1. The molecule has 0 saturated carbocycles. The number of methoxy groups -OCH3 is 1. The molecule has 0 spiro atoms. The van der Waals surface area contributed by atoms with Crippen LogP contribution in [0, 0.1) is 0 Å². The highest BCUT2D eigenvalue weighted by Gasteiger charge is 2.24. The standard InChI is InChI=1S/C24H24N4O2S/c1-30-19-8-6-17(7-9-19)22-16-31-23(26-22)15-27-10-12-28(13-11-27)24(29)21-14-18-4-2-3-5-20(18)25-21/h2-9,14,16,25H,10-13,15H2,1H3. The summed E-state index contributed by atoms with van der Waals surface area (Å²) < 4.78 is 5.23. The fourth-order valence-corrected chi connectivity index (χ4v) is 4.78. The van der Waals surface area contributed by atoms with Gasteiger partial charge in [0.1, 0.15) is 16.5 Å². The smallest absolute Gasteiger partial charge is 0.270 e. The SMILES string of the molecule is COc1ccc(-c2csc(CN3CCN(C(=O)c4cc5ccccc5[nH]4)CC3)n2)cc1. The number of hydrogen-bond donors (Lipinski definition) is 1. The minimum absolute atomic E-state index is 0.0758. The number of aromatic amines is 1. The van der Waals surface area contributed by atoms with Gasteiger partial charge in [-0.1, -0.05) is 18.2 Å². The van der Waals surface area contributed by atoms with E-state index in [1.807, 2.05) is 59.5 Å². The molecule has 1 N–H and O–H groups in total. The molecule has 1 aliphatic heterocycles. The molecule has 0 atom stereocenters. The second-order valence-electron chi connectivity index (χ2n) is 7.69. The number of rotatable bonds is 5. The van der Waals surface area contributed by atoms with Gasteiger partial charge in [0.05, 0.1) is 19.3 Å². The average Bonchev–Trinajstić information content (AvgIpc) is 3.46. The van der Waals surface area contributed by atoms with Crippen molar-refractivity contribution in [3.05, 3.63) is 70.7 Å². The average molecular weight is 433 g/mol. The Morgan fingerprint density at radius 2 is 1.87 bits per heavy atom. The number of fused-ring (bicyclic) bond motifs is 1. The van der Waals surface area contributed by atoms with E-state index in [4.69, 9.17) is 9.72 Å². The predicted octanol–water partition coefficient (Wildman–Crippen LogP) is 4.26. The highest BCUT2D eigenvalue weighted by atomic mass is 32.1. The predicted molar refractivity (Wildman–Crippen MR) is 124 cm³/mol. The van der Waals surface area contributed by atoms with Crippen molar-refractivity contribution >= 4 is 28.1 Å². The fraction of sp³-hybridized carbons (Fsp3) is 0.250. The van der Waals surface area contributed by atoms with E-state index < -0.39 is 0 Å². The van der Waals surface area contributed by atoms with Crippen LogP contribution < -0.4 is 4.74 Å². The lowest BCUT2D eigenvalue weighted by Gasteiger charge is -2.34. The van der Waals surface area contributed by atoms with Crippen molar-refractivity contribution in [3.8, 4) is 17.0 Å². The Labute approximate surface area is 185 Å². The first-order valence-electron chi connectivity index (χ1n) is 10.4. The Morgan fingerprint density at radius 3 is 2.61 bits per heavy atom.